The smallest absolute Gasteiger partial charge is 0.338 e. The van der Waals surface area contributed by atoms with Crippen molar-refractivity contribution in [1.82, 2.24) is 14.6 Å². The molecule has 0 saturated carbocycles. The second kappa shape index (κ2) is 11.6. The van der Waals surface area contributed by atoms with Gasteiger partial charge < -0.3 is 19.3 Å². The van der Waals surface area contributed by atoms with Gasteiger partial charge in [-0.3, -0.25) is 0 Å². The van der Waals surface area contributed by atoms with Crippen molar-refractivity contribution in [3.63, 3.8) is 0 Å². The van der Waals surface area contributed by atoms with E-state index < -0.39 is 5.97 Å². The fourth-order valence-corrected chi connectivity index (χ4v) is 4.22. The number of carboxylic acids is 1. The second-order valence-electron chi connectivity index (χ2n) is 8.63. The van der Waals surface area contributed by atoms with Gasteiger partial charge in [0, 0.05) is 11.8 Å². The minimum atomic E-state index is -1.07. The van der Waals surface area contributed by atoms with Gasteiger partial charge in [-0.15, -0.1) is 0 Å². The number of unbranched alkanes of at least 4 members (excludes halogenated alkanes) is 1. The van der Waals surface area contributed by atoms with Gasteiger partial charge in [-0.05, 0) is 54.7 Å². The minimum Gasteiger partial charge on any atom is -0.493 e. The lowest BCUT2D eigenvalue weighted by Crippen LogP contribution is -2.10. The predicted molar refractivity (Wildman–Crippen MR) is 142 cm³/mol. The number of fused-ring (bicyclic) bond motifs is 1. The first-order chi connectivity index (χ1) is 18.0. The molecule has 2 aromatic carbocycles. The number of methoxy groups -OCH3 is 2. The summed E-state index contributed by atoms with van der Waals surface area (Å²) in [6, 6.07) is 16.9. The highest BCUT2D eigenvalue weighted by Gasteiger charge is 2.23. The zero-order chi connectivity index (χ0) is 26.4. The summed E-state index contributed by atoms with van der Waals surface area (Å²) < 4.78 is 18.8. The van der Waals surface area contributed by atoms with Crippen LogP contribution in [0.3, 0.4) is 0 Å². The van der Waals surface area contributed by atoms with Gasteiger partial charge in [-0.25, -0.2) is 14.3 Å². The number of nitrogens with zero attached hydrogens (tertiary/aromatic N) is 3. The van der Waals surface area contributed by atoms with Gasteiger partial charge in [0.25, 0.3) is 0 Å². The van der Waals surface area contributed by atoms with Crippen LogP contribution in [-0.2, 0) is 17.8 Å². The summed E-state index contributed by atoms with van der Waals surface area (Å²) in [4.78, 5) is 17.3. The molecule has 8 nitrogen and oxygen atoms in total. The van der Waals surface area contributed by atoms with E-state index >= 15 is 0 Å². The lowest BCUT2D eigenvalue weighted by Gasteiger charge is -2.18. The first-order valence-corrected chi connectivity index (χ1v) is 12.2. The van der Waals surface area contributed by atoms with Gasteiger partial charge in [-0.1, -0.05) is 43.7 Å². The van der Waals surface area contributed by atoms with Crippen molar-refractivity contribution >= 4 is 22.8 Å². The van der Waals surface area contributed by atoms with E-state index in [0.29, 0.717) is 46.3 Å². The number of aryl methyl sites for hydroxylation is 1. The van der Waals surface area contributed by atoms with Gasteiger partial charge in [0.05, 0.1) is 31.7 Å². The normalized spacial score (nSPS) is 11.8. The SMILES string of the molecule is CCCCc1cc(C(C(=O)O)=C(C)c2cc(OC)c(OC)c(OCc3ccccc3)c2)n2nccc2n1. The zero-order valence-corrected chi connectivity index (χ0v) is 21.5. The van der Waals surface area contributed by atoms with E-state index in [1.807, 2.05) is 36.4 Å². The summed E-state index contributed by atoms with van der Waals surface area (Å²) in [7, 11) is 3.08. The second-order valence-corrected chi connectivity index (χ2v) is 8.63. The molecule has 0 aliphatic rings. The maximum atomic E-state index is 12.7. The van der Waals surface area contributed by atoms with Crippen molar-refractivity contribution in [2.45, 2.75) is 39.7 Å². The first-order valence-electron chi connectivity index (χ1n) is 12.2. The average Bonchev–Trinajstić information content (AvgIpc) is 3.39. The van der Waals surface area contributed by atoms with Crippen LogP contribution in [0.25, 0.3) is 16.8 Å². The molecule has 0 unspecified atom stereocenters. The van der Waals surface area contributed by atoms with Crippen LogP contribution in [-0.4, -0.2) is 39.9 Å². The number of rotatable bonds is 11. The molecule has 0 bridgehead atoms. The molecule has 1 N–H and O–H groups in total. The van der Waals surface area contributed by atoms with Crippen LogP contribution in [0, 0.1) is 0 Å². The molecular formula is C29H31N3O5. The Morgan fingerprint density at radius 3 is 2.46 bits per heavy atom. The van der Waals surface area contributed by atoms with E-state index in [2.05, 4.69) is 17.0 Å². The Morgan fingerprint density at radius 1 is 1.03 bits per heavy atom. The summed E-state index contributed by atoms with van der Waals surface area (Å²) in [5.41, 5.74) is 4.17. The third-order valence-electron chi connectivity index (χ3n) is 6.16. The largest absolute Gasteiger partial charge is 0.493 e. The minimum absolute atomic E-state index is 0.120. The predicted octanol–water partition coefficient (Wildman–Crippen LogP) is 5.68. The third-order valence-corrected chi connectivity index (χ3v) is 6.16. The highest BCUT2D eigenvalue weighted by Crippen LogP contribution is 2.41. The van der Waals surface area contributed by atoms with Gasteiger partial charge >= 0.3 is 5.97 Å². The van der Waals surface area contributed by atoms with E-state index in [9.17, 15) is 9.90 Å². The Bertz CT molecular complexity index is 1430. The summed E-state index contributed by atoms with van der Waals surface area (Å²) >= 11 is 0. The summed E-state index contributed by atoms with van der Waals surface area (Å²) in [6.45, 7) is 4.20. The molecule has 0 atom stereocenters. The van der Waals surface area contributed by atoms with Gasteiger partial charge in [0.1, 0.15) is 6.61 Å². The molecule has 8 heteroatoms. The van der Waals surface area contributed by atoms with E-state index in [4.69, 9.17) is 14.2 Å². The van der Waals surface area contributed by atoms with Gasteiger partial charge in [0.2, 0.25) is 5.75 Å². The molecule has 0 aliphatic carbocycles. The first kappa shape index (κ1) is 25.8. The standard InChI is InChI=1S/C29H31N3O5/c1-5-6-12-22-17-23(32-26(31-22)13-14-30-32)27(29(33)34)19(2)21-15-24(35-3)28(36-4)25(16-21)37-18-20-10-8-7-9-11-20/h7-11,13-17H,5-6,12,18H2,1-4H3,(H,33,34). The summed E-state index contributed by atoms with van der Waals surface area (Å²) in [5, 5.41) is 14.7. The number of aromatic nitrogens is 3. The van der Waals surface area contributed by atoms with Crippen molar-refractivity contribution in [3.05, 3.63) is 83.3 Å². The topological polar surface area (TPSA) is 95.2 Å². The Morgan fingerprint density at radius 2 is 1.78 bits per heavy atom. The van der Waals surface area contributed by atoms with Crippen molar-refractivity contribution < 1.29 is 24.1 Å². The van der Waals surface area contributed by atoms with Crippen LogP contribution in [0.4, 0.5) is 0 Å². The Balaban J connectivity index is 1.85. The van der Waals surface area contributed by atoms with Crippen LogP contribution in [0.2, 0.25) is 0 Å². The van der Waals surface area contributed by atoms with Crippen molar-refractivity contribution in [2.24, 2.45) is 0 Å². The fourth-order valence-electron chi connectivity index (χ4n) is 4.22. The summed E-state index contributed by atoms with van der Waals surface area (Å²) in [6.07, 6.45) is 4.35. The molecule has 0 saturated heterocycles. The quantitative estimate of drug-likeness (QED) is 0.264. The highest BCUT2D eigenvalue weighted by atomic mass is 16.5. The van der Waals surface area contributed by atoms with E-state index in [0.717, 1.165) is 30.5 Å². The number of hydrogen-bond acceptors (Lipinski definition) is 6. The van der Waals surface area contributed by atoms with Crippen LogP contribution in [0.5, 0.6) is 17.2 Å². The van der Waals surface area contributed by atoms with Gasteiger partial charge in [-0.2, -0.15) is 5.10 Å². The number of benzene rings is 2. The fraction of sp³-hybridized carbons (Fsp3) is 0.276. The van der Waals surface area contributed by atoms with Crippen LogP contribution in [0.15, 0.2) is 60.8 Å². The number of carboxylic acid groups (broad SMARTS) is 1. The maximum absolute atomic E-state index is 12.7. The Kier molecular flexibility index (Phi) is 8.08. The van der Waals surface area contributed by atoms with Crippen LogP contribution < -0.4 is 14.2 Å². The molecule has 2 aromatic heterocycles. The molecule has 4 rings (SSSR count). The summed E-state index contributed by atoms with van der Waals surface area (Å²) in [5.74, 6) is 0.262. The lowest BCUT2D eigenvalue weighted by molar-refractivity contribution is -0.130. The third kappa shape index (κ3) is 5.58. The molecule has 37 heavy (non-hydrogen) atoms. The molecule has 0 fully saturated rings. The molecular weight excluding hydrogens is 470 g/mol. The molecule has 0 amide bonds. The molecule has 2 heterocycles. The average molecular weight is 502 g/mol. The van der Waals surface area contributed by atoms with Crippen molar-refractivity contribution in [1.29, 1.82) is 0 Å². The molecule has 0 spiro atoms. The zero-order valence-electron chi connectivity index (χ0n) is 21.5. The molecule has 192 valence electrons. The van der Waals surface area contributed by atoms with E-state index in [-0.39, 0.29) is 5.57 Å². The Hall–Kier alpha value is -4.33. The number of allylic oxidation sites excluding steroid dienone is 1. The van der Waals surface area contributed by atoms with Gasteiger partial charge in [0.15, 0.2) is 17.1 Å². The van der Waals surface area contributed by atoms with Crippen molar-refractivity contribution in [2.75, 3.05) is 14.2 Å². The Labute approximate surface area is 216 Å². The van der Waals surface area contributed by atoms with Crippen LogP contribution >= 0.6 is 0 Å². The lowest BCUT2D eigenvalue weighted by atomic mass is 9.97. The number of aliphatic carboxylic acids is 1. The maximum Gasteiger partial charge on any atom is 0.338 e. The molecule has 4 aromatic rings. The number of ether oxygens (including phenoxy) is 3. The highest BCUT2D eigenvalue weighted by molar-refractivity contribution is 6.23. The number of carbonyl (C=O) groups is 1. The molecule has 0 aliphatic heterocycles. The van der Waals surface area contributed by atoms with E-state index in [1.165, 1.54) is 7.11 Å². The monoisotopic (exact) mass is 501 g/mol. The van der Waals surface area contributed by atoms with E-state index in [1.54, 1.807) is 42.9 Å². The van der Waals surface area contributed by atoms with Crippen LogP contribution in [0.1, 0.15) is 49.2 Å². The van der Waals surface area contributed by atoms with Crippen molar-refractivity contribution in [3.8, 4) is 17.2 Å². The molecule has 0 radical (unpaired) electrons. The number of hydrogen-bond donors (Lipinski definition) is 1.